The van der Waals surface area contributed by atoms with Crippen LogP contribution in [0.4, 0.5) is 4.79 Å². The molecule has 0 aliphatic carbocycles. The summed E-state index contributed by atoms with van der Waals surface area (Å²) in [4.78, 5) is 29.1. The topological polar surface area (TPSA) is 71.9 Å². The lowest BCUT2D eigenvalue weighted by Gasteiger charge is -2.31. The molecule has 3 aromatic rings. The van der Waals surface area contributed by atoms with Crippen LogP contribution in [0.3, 0.4) is 0 Å². The Balaban J connectivity index is 2.29. The predicted octanol–water partition coefficient (Wildman–Crippen LogP) is 8.42. The van der Waals surface area contributed by atoms with Crippen LogP contribution in [0.1, 0.15) is 61.6 Å². The molecule has 8 heteroatoms. The van der Waals surface area contributed by atoms with Crippen molar-refractivity contribution in [2.24, 2.45) is 5.29 Å². The van der Waals surface area contributed by atoms with Gasteiger partial charge in [0.1, 0.15) is 6.04 Å². The molecule has 184 valence electrons. The fraction of sp³-hybridized carbons (Fsp3) is 0.333. The monoisotopic (exact) mass is 601 g/mol. The fourth-order valence-corrected chi connectivity index (χ4v) is 5.78. The highest BCUT2D eigenvalue weighted by Crippen LogP contribution is 2.44. The van der Waals surface area contributed by atoms with Gasteiger partial charge in [0, 0.05) is 26.9 Å². The zero-order chi connectivity index (χ0) is 25.9. The quantitative estimate of drug-likeness (QED) is 0.210. The summed E-state index contributed by atoms with van der Waals surface area (Å²) in [7, 11) is 0. The van der Waals surface area contributed by atoms with Gasteiger partial charge in [0.25, 0.3) is 0 Å². The van der Waals surface area contributed by atoms with Crippen LogP contribution in [0, 0.1) is 18.8 Å². The molecule has 0 N–H and O–H groups in total. The Morgan fingerprint density at radius 3 is 2.00 bits per heavy atom. The maximum Gasteiger partial charge on any atom is 0.433 e. The van der Waals surface area contributed by atoms with Gasteiger partial charge in [-0.1, -0.05) is 64.8 Å². The Bertz CT molecular complexity index is 1190. The van der Waals surface area contributed by atoms with E-state index in [2.05, 4.69) is 75.0 Å². The number of nitroso groups, excluding NO2 is 1. The number of aryl methyl sites for hydroxylation is 2. The number of benzene rings is 2. The number of rotatable bonds is 6. The molecule has 0 aliphatic rings. The van der Waals surface area contributed by atoms with E-state index in [0.29, 0.717) is 5.56 Å². The van der Waals surface area contributed by atoms with Gasteiger partial charge in [0.05, 0.1) is 11.9 Å². The number of carbonyl (C=O) groups is 1. The molecule has 3 rings (SSSR count). The van der Waals surface area contributed by atoms with Crippen LogP contribution in [-0.2, 0) is 10.2 Å². The van der Waals surface area contributed by atoms with E-state index in [9.17, 15) is 9.70 Å². The zero-order valence-electron chi connectivity index (χ0n) is 20.7. The summed E-state index contributed by atoms with van der Waals surface area (Å²) < 4.78 is 6.65. The van der Waals surface area contributed by atoms with Crippen LogP contribution < -0.4 is 0 Å². The summed E-state index contributed by atoms with van der Waals surface area (Å²) in [5, 5.41) is 4.02. The molecule has 0 spiro atoms. The summed E-state index contributed by atoms with van der Waals surface area (Å²) >= 11 is 7.41. The third kappa shape index (κ3) is 5.81. The van der Waals surface area contributed by atoms with Crippen molar-refractivity contribution in [2.45, 2.75) is 53.0 Å². The van der Waals surface area contributed by atoms with E-state index in [-0.39, 0.29) is 12.0 Å². The summed E-state index contributed by atoms with van der Waals surface area (Å²) in [5.74, 6) is 0. The largest absolute Gasteiger partial charge is 0.448 e. The SMILES string of the molecule is CCOC(=O)N(N=O)C(c1c(C)cc(C(C)(C)C)cc1C)c1c(Br)cc(-c2ccncc2)cc1Br. The average Bonchev–Trinajstić information content (AvgIpc) is 2.78. The lowest BCUT2D eigenvalue weighted by molar-refractivity contribution is 0.0965. The molecule has 0 saturated carbocycles. The lowest BCUT2D eigenvalue weighted by Crippen LogP contribution is -2.33. The van der Waals surface area contributed by atoms with E-state index < -0.39 is 12.1 Å². The number of carbonyl (C=O) groups excluding carboxylic acids is 1. The van der Waals surface area contributed by atoms with Gasteiger partial charge in [-0.2, -0.15) is 0 Å². The standard InChI is InChI=1S/C27H29Br2N3O3/c1-7-35-26(33)32(31-34)25(23-16(2)12-20(13-17(23)3)27(4,5)6)24-21(28)14-19(15-22(24)29)18-8-10-30-11-9-18/h8-15,25H,7H2,1-6H3. The number of pyridine rings is 1. The number of hydrogen-bond donors (Lipinski definition) is 0. The summed E-state index contributed by atoms with van der Waals surface area (Å²) in [6.07, 6.45) is 2.66. The van der Waals surface area contributed by atoms with Crippen LogP contribution in [-0.4, -0.2) is 22.7 Å². The third-order valence-electron chi connectivity index (χ3n) is 5.89. The molecular weight excluding hydrogens is 574 g/mol. The van der Waals surface area contributed by atoms with Gasteiger partial charge in [-0.3, -0.25) is 4.98 Å². The van der Waals surface area contributed by atoms with Gasteiger partial charge < -0.3 is 4.74 Å². The molecule has 1 amide bonds. The van der Waals surface area contributed by atoms with Gasteiger partial charge in [0.2, 0.25) is 0 Å². The Labute approximate surface area is 223 Å². The van der Waals surface area contributed by atoms with Crippen molar-refractivity contribution < 1.29 is 9.53 Å². The highest BCUT2D eigenvalue weighted by Gasteiger charge is 2.35. The second-order valence-electron chi connectivity index (χ2n) is 9.39. The molecule has 0 saturated heterocycles. The Hall–Kier alpha value is -2.58. The van der Waals surface area contributed by atoms with Crippen molar-refractivity contribution in [3.8, 4) is 11.1 Å². The molecule has 35 heavy (non-hydrogen) atoms. The van der Waals surface area contributed by atoms with E-state index in [1.54, 1.807) is 19.3 Å². The molecule has 0 bridgehead atoms. The van der Waals surface area contributed by atoms with Gasteiger partial charge in [-0.15, -0.1) is 9.92 Å². The van der Waals surface area contributed by atoms with Gasteiger partial charge in [0.15, 0.2) is 0 Å². The van der Waals surface area contributed by atoms with Crippen LogP contribution >= 0.6 is 31.9 Å². The second-order valence-corrected chi connectivity index (χ2v) is 11.1. The van der Waals surface area contributed by atoms with E-state index in [1.807, 2.05) is 38.1 Å². The van der Waals surface area contributed by atoms with E-state index in [4.69, 9.17) is 4.74 Å². The summed E-state index contributed by atoms with van der Waals surface area (Å²) in [6.45, 7) is 12.3. The highest BCUT2D eigenvalue weighted by molar-refractivity contribution is 9.11. The minimum Gasteiger partial charge on any atom is -0.448 e. The Morgan fingerprint density at radius 2 is 1.54 bits per heavy atom. The van der Waals surface area contributed by atoms with Crippen molar-refractivity contribution in [1.29, 1.82) is 0 Å². The van der Waals surface area contributed by atoms with Crippen molar-refractivity contribution in [1.82, 2.24) is 9.99 Å². The summed E-state index contributed by atoms with van der Waals surface area (Å²) in [6, 6.07) is 11.2. The minimum atomic E-state index is -0.809. The first-order valence-corrected chi connectivity index (χ1v) is 12.9. The average molecular weight is 603 g/mol. The molecule has 1 atom stereocenters. The first-order chi connectivity index (χ1) is 16.5. The van der Waals surface area contributed by atoms with E-state index >= 15 is 0 Å². The number of halogens is 2. The smallest absolute Gasteiger partial charge is 0.433 e. The number of aromatic nitrogens is 1. The highest BCUT2D eigenvalue weighted by atomic mass is 79.9. The molecule has 1 aromatic heterocycles. The van der Waals surface area contributed by atoms with E-state index in [0.717, 1.165) is 41.8 Å². The minimum absolute atomic E-state index is 0.0549. The molecule has 0 fully saturated rings. The maximum atomic E-state index is 12.9. The van der Waals surface area contributed by atoms with Crippen molar-refractivity contribution in [3.05, 3.63) is 90.5 Å². The molecular formula is C27H29Br2N3O3. The number of amides is 1. The van der Waals surface area contributed by atoms with Crippen LogP contribution in [0.25, 0.3) is 11.1 Å². The van der Waals surface area contributed by atoms with Crippen molar-refractivity contribution in [3.63, 3.8) is 0 Å². The number of ether oxygens (including phenoxy) is 1. The van der Waals surface area contributed by atoms with E-state index in [1.165, 1.54) is 5.56 Å². The molecule has 0 aliphatic heterocycles. The Kier molecular flexibility index (Phi) is 8.49. The van der Waals surface area contributed by atoms with Gasteiger partial charge in [-0.25, -0.2) is 4.79 Å². The van der Waals surface area contributed by atoms with Crippen LogP contribution in [0.2, 0.25) is 0 Å². The first-order valence-electron chi connectivity index (χ1n) is 11.3. The van der Waals surface area contributed by atoms with Gasteiger partial charge >= 0.3 is 6.09 Å². The molecule has 0 radical (unpaired) electrons. The van der Waals surface area contributed by atoms with Crippen LogP contribution in [0.5, 0.6) is 0 Å². The summed E-state index contributed by atoms with van der Waals surface area (Å²) in [5.41, 5.74) is 6.48. The predicted molar refractivity (Wildman–Crippen MR) is 146 cm³/mol. The lowest BCUT2D eigenvalue weighted by atomic mass is 9.81. The Morgan fingerprint density at radius 1 is 1.00 bits per heavy atom. The normalized spacial score (nSPS) is 12.2. The van der Waals surface area contributed by atoms with Crippen LogP contribution in [0.15, 0.2) is 63.0 Å². The number of nitrogens with zero attached hydrogens (tertiary/aromatic N) is 3. The first kappa shape index (κ1) is 27.0. The second kappa shape index (κ2) is 11.0. The fourth-order valence-electron chi connectivity index (χ4n) is 4.16. The van der Waals surface area contributed by atoms with Crippen molar-refractivity contribution in [2.75, 3.05) is 6.61 Å². The molecule has 1 heterocycles. The van der Waals surface area contributed by atoms with Crippen molar-refractivity contribution >= 4 is 38.0 Å². The zero-order valence-corrected chi connectivity index (χ0v) is 23.9. The maximum absolute atomic E-state index is 12.9. The molecule has 1 unspecified atom stereocenters. The van der Waals surface area contributed by atoms with Gasteiger partial charge in [-0.05, 0) is 83.8 Å². The third-order valence-corrected chi connectivity index (χ3v) is 7.20. The molecule has 2 aromatic carbocycles. The number of hydrogen-bond acceptors (Lipinski definition) is 5. The molecule has 6 nitrogen and oxygen atoms in total.